The minimum Gasteiger partial charge on any atom is -0.449 e. The number of carbonyl (C=O) groups excluding carboxylic acids is 2. The van der Waals surface area contributed by atoms with E-state index in [1.807, 2.05) is 26.0 Å². The minimum atomic E-state index is -1.04. The Labute approximate surface area is 140 Å². The molecule has 1 aromatic carbocycles. The zero-order valence-corrected chi connectivity index (χ0v) is 14.1. The fraction of sp³-hybridized carbons (Fsp3) is 0.389. The molecule has 24 heavy (non-hydrogen) atoms. The van der Waals surface area contributed by atoms with Gasteiger partial charge in [-0.2, -0.15) is 5.26 Å². The van der Waals surface area contributed by atoms with Crippen LogP contribution in [0.1, 0.15) is 38.2 Å². The van der Waals surface area contributed by atoms with Crippen LogP contribution in [0.3, 0.4) is 0 Å². The molecule has 0 aliphatic heterocycles. The first-order valence-corrected chi connectivity index (χ1v) is 7.69. The fourth-order valence-electron chi connectivity index (χ4n) is 2.01. The number of furan rings is 1. The van der Waals surface area contributed by atoms with Gasteiger partial charge in [-0.15, -0.1) is 0 Å². The quantitative estimate of drug-likeness (QED) is 0.852. The number of amides is 1. The largest absolute Gasteiger partial charge is 0.449 e. The second-order valence-electron chi connectivity index (χ2n) is 6.15. The molecule has 126 valence electrons. The van der Waals surface area contributed by atoms with Crippen molar-refractivity contribution < 1.29 is 18.7 Å². The zero-order valence-electron chi connectivity index (χ0n) is 14.1. The number of nitrogens with one attached hydrogen (secondary N) is 1. The normalized spacial score (nSPS) is 14.7. The third kappa shape index (κ3) is 3.57. The maximum Gasteiger partial charge on any atom is 0.375 e. The average molecular weight is 328 g/mol. The van der Waals surface area contributed by atoms with Crippen LogP contribution in [0.15, 0.2) is 34.7 Å². The van der Waals surface area contributed by atoms with Crippen molar-refractivity contribution in [2.45, 2.75) is 39.3 Å². The van der Waals surface area contributed by atoms with Crippen LogP contribution in [0.25, 0.3) is 11.0 Å². The SMILES string of the molecule is CC(OC(=O)c1cc2ccccc2o1)C(=O)NC(C)(C#N)C(C)C. The van der Waals surface area contributed by atoms with Crippen LogP contribution in [-0.2, 0) is 9.53 Å². The van der Waals surface area contributed by atoms with Crippen molar-refractivity contribution in [3.05, 3.63) is 36.1 Å². The van der Waals surface area contributed by atoms with Gasteiger partial charge in [-0.3, -0.25) is 4.79 Å². The highest BCUT2D eigenvalue weighted by atomic mass is 16.6. The van der Waals surface area contributed by atoms with Crippen molar-refractivity contribution in [1.29, 1.82) is 5.26 Å². The Morgan fingerprint density at radius 1 is 1.29 bits per heavy atom. The number of hydrogen-bond donors (Lipinski definition) is 1. The number of hydrogen-bond acceptors (Lipinski definition) is 5. The second kappa shape index (κ2) is 6.75. The van der Waals surface area contributed by atoms with Crippen LogP contribution in [0.4, 0.5) is 0 Å². The van der Waals surface area contributed by atoms with Crippen LogP contribution < -0.4 is 5.32 Å². The highest BCUT2D eigenvalue weighted by Crippen LogP contribution is 2.20. The second-order valence-corrected chi connectivity index (χ2v) is 6.15. The topological polar surface area (TPSA) is 92.3 Å². The molecule has 0 saturated heterocycles. The van der Waals surface area contributed by atoms with E-state index in [0.717, 1.165) is 5.39 Å². The van der Waals surface area contributed by atoms with Gasteiger partial charge in [0.05, 0.1) is 6.07 Å². The van der Waals surface area contributed by atoms with E-state index >= 15 is 0 Å². The molecule has 2 rings (SSSR count). The third-order valence-electron chi connectivity index (χ3n) is 4.05. The Bertz CT molecular complexity index is 770. The predicted octanol–water partition coefficient (Wildman–Crippen LogP) is 3.03. The van der Waals surface area contributed by atoms with E-state index in [2.05, 4.69) is 11.4 Å². The molecule has 0 spiro atoms. The number of para-hydroxylation sites is 1. The Balaban J connectivity index is 2.05. The number of rotatable bonds is 5. The molecule has 2 aromatic rings. The molecular weight excluding hydrogens is 308 g/mol. The van der Waals surface area contributed by atoms with Gasteiger partial charge in [0.15, 0.2) is 6.10 Å². The van der Waals surface area contributed by atoms with Gasteiger partial charge < -0.3 is 14.5 Å². The molecule has 0 aliphatic rings. The zero-order chi connectivity index (χ0) is 17.9. The molecular formula is C18H20N2O4. The standard InChI is InChI=1S/C18H20N2O4/c1-11(2)18(4,10-19)20-16(21)12(3)23-17(22)15-9-13-7-5-6-8-14(13)24-15/h5-9,11-12H,1-4H3,(H,20,21). The molecule has 2 atom stereocenters. The first-order chi connectivity index (χ1) is 11.3. The number of carbonyl (C=O) groups is 2. The van der Waals surface area contributed by atoms with Gasteiger partial charge >= 0.3 is 5.97 Å². The Hall–Kier alpha value is -2.81. The fourth-order valence-corrected chi connectivity index (χ4v) is 2.01. The molecule has 6 nitrogen and oxygen atoms in total. The molecule has 6 heteroatoms. The summed E-state index contributed by atoms with van der Waals surface area (Å²) in [5.41, 5.74) is -0.463. The van der Waals surface area contributed by atoms with E-state index in [9.17, 15) is 14.9 Å². The van der Waals surface area contributed by atoms with Gasteiger partial charge in [0.1, 0.15) is 11.1 Å². The summed E-state index contributed by atoms with van der Waals surface area (Å²) in [5, 5.41) is 12.6. The lowest BCUT2D eigenvalue weighted by Gasteiger charge is -2.28. The summed E-state index contributed by atoms with van der Waals surface area (Å²) in [6.45, 7) is 6.74. The molecule has 1 amide bonds. The summed E-state index contributed by atoms with van der Waals surface area (Å²) in [7, 11) is 0. The van der Waals surface area contributed by atoms with Gasteiger partial charge in [-0.1, -0.05) is 32.0 Å². The predicted molar refractivity (Wildman–Crippen MR) is 88.1 cm³/mol. The van der Waals surface area contributed by atoms with Crippen molar-refractivity contribution in [3.63, 3.8) is 0 Å². The van der Waals surface area contributed by atoms with Crippen LogP contribution >= 0.6 is 0 Å². The van der Waals surface area contributed by atoms with E-state index in [1.165, 1.54) is 6.92 Å². The van der Waals surface area contributed by atoms with Crippen LogP contribution in [0, 0.1) is 17.2 Å². The third-order valence-corrected chi connectivity index (χ3v) is 4.05. The number of esters is 1. The molecule has 1 N–H and O–H groups in total. The molecule has 0 fully saturated rings. The highest BCUT2D eigenvalue weighted by molar-refractivity contribution is 5.94. The lowest BCUT2D eigenvalue weighted by atomic mass is 9.90. The Morgan fingerprint density at radius 2 is 1.96 bits per heavy atom. The number of fused-ring (bicyclic) bond motifs is 1. The lowest BCUT2D eigenvalue weighted by molar-refractivity contribution is -0.130. The highest BCUT2D eigenvalue weighted by Gasteiger charge is 2.33. The first kappa shape index (κ1) is 17.5. The van der Waals surface area contributed by atoms with Crippen molar-refractivity contribution in [3.8, 4) is 6.07 Å². The van der Waals surface area contributed by atoms with Crippen molar-refractivity contribution in [1.82, 2.24) is 5.32 Å². The van der Waals surface area contributed by atoms with Crippen molar-refractivity contribution in [2.24, 2.45) is 5.92 Å². The number of nitrogens with zero attached hydrogens (tertiary/aromatic N) is 1. The maximum atomic E-state index is 12.2. The summed E-state index contributed by atoms with van der Waals surface area (Å²) in [6.07, 6.45) is -1.04. The molecule has 0 saturated carbocycles. The summed E-state index contributed by atoms with van der Waals surface area (Å²) >= 11 is 0. The van der Waals surface area contributed by atoms with Gasteiger partial charge in [0.25, 0.3) is 5.91 Å². The van der Waals surface area contributed by atoms with E-state index in [1.54, 1.807) is 25.1 Å². The van der Waals surface area contributed by atoms with Crippen LogP contribution in [-0.4, -0.2) is 23.5 Å². The summed E-state index contributed by atoms with van der Waals surface area (Å²) in [6, 6.07) is 10.8. The van der Waals surface area contributed by atoms with Crippen molar-refractivity contribution >= 4 is 22.8 Å². The van der Waals surface area contributed by atoms with Crippen LogP contribution in [0.2, 0.25) is 0 Å². The van der Waals surface area contributed by atoms with Crippen LogP contribution in [0.5, 0.6) is 0 Å². The number of nitriles is 1. The van der Waals surface area contributed by atoms with Gasteiger partial charge in [0, 0.05) is 5.39 Å². The van der Waals surface area contributed by atoms with E-state index in [-0.39, 0.29) is 11.7 Å². The van der Waals surface area contributed by atoms with E-state index < -0.39 is 23.5 Å². The Kier molecular flexibility index (Phi) is 4.93. The average Bonchev–Trinajstić information content (AvgIpc) is 2.98. The molecule has 0 aliphatic carbocycles. The number of benzene rings is 1. The van der Waals surface area contributed by atoms with Gasteiger partial charge in [-0.25, -0.2) is 4.79 Å². The molecule has 1 heterocycles. The molecule has 1 aromatic heterocycles. The monoisotopic (exact) mass is 328 g/mol. The summed E-state index contributed by atoms with van der Waals surface area (Å²) < 4.78 is 10.6. The Morgan fingerprint density at radius 3 is 2.54 bits per heavy atom. The van der Waals surface area contributed by atoms with E-state index in [0.29, 0.717) is 5.58 Å². The minimum absolute atomic E-state index is 0.0303. The molecule has 2 unspecified atom stereocenters. The van der Waals surface area contributed by atoms with Gasteiger partial charge in [-0.05, 0) is 31.9 Å². The summed E-state index contributed by atoms with van der Waals surface area (Å²) in [5.74, 6) is -1.32. The number of ether oxygens (including phenoxy) is 1. The van der Waals surface area contributed by atoms with Crippen molar-refractivity contribution in [2.75, 3.05) is 0 Å². The lowest BCUT2D eigenvalue weighted by Crippen LogP contribution is -2.52. The smallest absolute Gasteiger partial charge is 0.375 e. The molecule has 0 radical (unpaired) electrons. The summed E-state index contributed by atoms with van der Waals surface area (Å²) in [4.78, 5) is 24.3. The van der Waals surface area contributed by atoms with E-state index in [4.69, 9.17) is 9.15 Å². The maximum absolute atomic E-state index is 12.2. The van der Waals surface area contributed by atoms with Gasteiger partial charge in [0.2, 0.25) is 5.76 Å². The first-order valence-electron chi connectivity index (χ1n) is 7.69. The molecule has 0 bridgehead atoms.